The zero-order valence-electron chi connectivity index (χ0n) is 20.9. The van der Waals surface area contributed by atoms with E-state index >= 15 is 0 Å². The quantitative estimate of drug-likeness (QED) is 0.534. The van der Waals surface area contributed by atoms with Crippen LogP contribution >= 0.6 is 0 Å². The topological polar surface area (TPSA) is 88.6 Å². The first-order valence-corrected chi connectivity index (χ1v) is 12.7. The standard InChI is InChI=1S/C24H31F2N3O6S/c1-24(2,3)35-23(30)29-13-11-28(12-14-29)20-15-17(9-10-21(20)33-5)27(4)36(31,32)19-8-6-7-18(16-19)34-22(25)26/h6-10,15-16,22H,11-14H2,1-5H3. The third kappa shape index (κ3) is 6.48. The molecule has 198 valence electrons. The van der Waals surface area contributed by atoms with Gasteiger partial charge in [0.25, 0.3) is 10.0 Å². The molecule has 1 saturated heterocycles. The number of hydrogen-bond acceptors (Lipinski definition) is 7. The van der Waals surface area contributed by atoms with Gasteiger partial charge in [0.05, 0.1) is 23.4 Å². The highest BCUT2D eigenvalue weighted by molar-refractivity contribution is 7.92. The number of hydrogen-bond donors (Lipinski definition) is 0. The Labute approximate surface area is 210 Å². The average Bonchev–Trinajstić information content (AvgIpc) is 2.82. The van der Waals surface area contributed by atoms with Crippen molar-refractivity contribution in [2.24, 2.45) is 0 Å². The first-order valence-electron chi connectivity index (χ1n) is 11.3. The normalized spacial score (nSPS) is 14.6. The number of benzene rings is 2. The lowest BCUT2D eigenvalue weighted by Gasteiger charge is -2.37. The van der Waals surface area contributed by atoms with Crippen LogP contribution in [0, 0.1) is 0 Å². The van der Waals surface area contributed by atoms with Gasteiger partial charge < -0.3 is 24.0 Å². The summed E-state index contributed by atoms with van der Waals surface area (Å²) < 4.78 is 67.9. The molecule has 1 aliphatic rings. The molecule has 0 aromatic heterocycles. The zero-order chi connectivity index (χ0) is 26.7. The summed E-state index contributed by atoms with van der Waals surface area (Å²) >= 11 is 0. The summed E-state index contributed by atoms with van der Waals surface area (Å²) in [7, 11) is -1.18. The Balaban J connectivity index is 1.81. The molecule has 2 aromatic carbocycles. The molecule has 3 rings (SSSR count). The number of methoxy groups -OCH3 is 1. The van der Waals surface area contributed by atoms with E-state index in [1.165, 1.54) is 32.4 Å². The van der Waals surface area contributed by atoms with Crippen LogP contribution in [0.2, 0.25) is 0 Å². The summed E-state index contributed by atoms with van der Waals surface area (Å²) in [5.41, 5.74) is 0.420. The first kappa shape index (κ1) is 27.3. The van der Waals surface area contributed by atoms with Gasteiger partial charge in [0.2, 0.25) is 0 Å². The van der Waals surface area contributed by atoms with E-state index in [1.807, 2.05) is 25.7 Å². The van der Waals surface area contributed by atoms with Gasteiger partial charge in [0.15, 0.2) is 0 Å². The van der Waals surface area contributed by atoms with Gasteiger partial charge in [-0.2, -0.15) is 8.78 Å². The second-order valence-corrected chi connectivity index (χ2v) is 11.1. The number of rotatable bonds is 7. The fourth-order valence-corrected chi connectivity index (χ4v) is 4.91. The molecular formula is C24H31F2N3O6S. The second-order valence-electron chi connectivity index (χ2n) is 9.14. The molecule has 0 bridgehead atoms. The van der Waals surface area contributed by atoms with Gasteiger partial charge in [0, 0.05) is 39.3 Å². The molecule has 0 atom stereocenters. The number of halogens is 2. The number of sulfonamides is 1. The van der Waals surface area contributed by atoms with E-state index in [4.69, 9.17) is 9.47 Å². The number of nitrogens with zero attached hydrogens (tertiary/aromatic N) is 3. The maximum atomic E-state index is 13.2. The molecule has 36 heavy (non-hydrogen) atoms. The fourth-order valence-electron chi connectivity index (χ4n) is 3.69. The maximum Gasteiger partial charge on any atom is 0.410 e. The minimum absolute atomic E-state index is 0.188. The zero-order valence-corrected chi connectivity index (χ0v) is 21.7. The van der Waals surface area contributed by atoms with Crippen molar-refractivity contribution in [2.75, 3.05) is 49.5 Å². The Morgan fingerprint density at radius 3 is 2.31 bits per heavy atom. The molecule has 0 radical (unpaired) electrons. The summed E-state index contributed by atoms with van der Waals surface area (Å²) in [6.45, 7) is 4.19. The molecule has 1 heterocycles. The summed E-state index contributed by atoms with van der Waals surface area (Å²) in [4.78, 5) is 15.8. The van der Waals surface area contributed by atoms with E-state index < -0.39 is 22.2 Å². The Hall–Kier alpha value is -3.28. The first-order chi connectivity index (χ1) is 16.8. The molecule has 0 aliphatic carbocycles. The lowest BCUT2D eigenvalue weighted by atomic mass is 10.2. The van der Waals surface area contributed by atoms with Gasteiger partial charge in [-0.1, -0.05) is 6.07 Å². The van der Waals surface area contributed by atoms with E-state index in [0.717, 1.165) is 10.4 Å². The summed E-state index contributed by atoms with van der Waals surface area (Å²) in [6, 6.07) is 9.89. The van der Waals surface area contributed by atoms with E-state index in [9.17, 15) is 22.0 Å². The number of piperazine rings is 1. The third-order valence-corrected chi connectivity index (χ3v) is 7.27. The monoisotopic (exact) mass is 527 g/mol. The van der Waals surface area contributed by atoms with Crippen LogP contribution in [0.5, 0.6) is 11.5 Å². The van der Waals surface area contributed by atoms with Crippen molar-refractivity contribution in [1.82, 2.24) is 4.90 Å². The van der Waals surface area contributed by atoms with Crippen LogP contribution in [0.4, 0.5) is 25.0 Å². The average molecular weight is 528 g/mol. The molecule has 0 spiro atoms. The van der Waals surface area contributed by atoms with Crippen LogP contribution in [0.3, 0.4) is 0 Å². The molecule has 0 saturated carbocycles. The van der Waals surface area contributed by atoms with Crippen molar-refractivity contribution < 1.29 is 36.2 Å². The number of amides is 1. The minimum atomic E-state index is -4.08. The maximum absolute atomic E-state index is 13.2. The van der Waals surface area contributed by atoms with Crippen molar-refractivity contribution in [3.05, 3.63) is 42.5 Å². The Morgan fingerprint density at radius 2 is 1.72 bits per heavy atom. The highest BCUT2D eigenvalue weighted by Gasteiger charge is 2.28. The van der Waals surface area contributed by atoms with E-state index in [2.05, 4.69) is 4.74 Å². The SMILES string of the molecule is COc1ccc(N(C)S(=O)(=O)c2cccc(OC(F)F)c2)cc1N1CCN(C(=O)OC(C)(C)C)CC1. The number of ether oxygens (including phenoxy) is 3. The van der Waals surface area contributed by atoms with Crippen molar-refractivity contribution >= 4 is 27.5 Å². The van der Waals surface area contributed by atoms with Gasteiger partial charge in [0.1, 0.15) is 17.1 Å². The molecule has 1 aliphatic heterocycles. The molecule has 1 fully saturated rings. The Morgan fingerprint density at radius 1 is 1.06 bits per heavy atom. The van der Waals surface area contributed by atoms with E-state index in [-0.39, 0.29) is 16.7 Å². The largest absolute Gasteiger partial charge is 0.495 e. The smallest absolute Gasteiger partial charge is 0.410 e. The molecular weight excluding hydrogens is 496 g/mol. The molecule has 0 N–H and O–H groups in total. The highest BCUT2D eigenvalue weighted by atomic mass is 32.2. The number of alkyl halides is 2. The second kappa shape index (κ2) is 10.8. The molecule has 1 amide bonds. The summed E-state index contributed by atoms with van der Waals surface area (Å²) in [6.07, 6.45) is -0.383. The lowest BCUT2D eigenvalue weighted by Crippen LogP contribution is -2.50. The third-order valence-electron chi connectivity index (χ3n) is 5.49. The predicted octanol–water partition coefficient (Wildman–Crippen LogP) is 4.18. The van der Waals surface area contributed by atoms with Gasteiger partial charge >= 0.3 is 12.7 Å². The molecule has 9 nitrogen and oxygen atoms in total. The van der Waals surface area contributed by atoms with Gasteiger partial charge in [-0.25, -0.2) is 13.2 Å². The van der Waals surface area contributed by atoms with Gasteiger partial charge in [-0.15, -0.1) is 0 Å². The van der Waals surface area contributed by atoms with Crippen molar-refractivity contribution in [1.29, 1.82) is 0 Å². The van der Waals surface area contributed by atoms with Crippen LogP contribution < -0.4 is 18.7 Å². The van der Waals surface area contributed by atoms with E-state index in [1.54, 1.807) is 23.1 Å². The summed E-state index contributed by atoms with van der Waals surface area (Å²) in [5.74, 6) is 0.292. The molecule has 12 heteroatoms. The van der Waals surface area contributed by atoms with Crippen molar-refractivity contribution in [3.63, 3.8) is 0 Å². The summed E-state index contributed by atoms with van der Waals surface area (Å²) in [5, 5.41) is 0. The minimum Gasteiger partial charge on any atom is -0.495 e. The predicted molar refractivity (Wildman–Crippen MR) is 132 cm³/mol. The van der Waals surface area contributed by atoms with Crippen molar-refractivity contribution in [2.45, 2.75) is 37.9 Å². The highest BCUT2D eigenvalue weighted by Crippen LogP contribution is 2.35. The van der Waals surface area contributed by atoms with Crippen LogP contribution in [0.1, 0.15) is 20.8 Å². The molecule has 0 unspecified atom stereocenters. The van der Waals surface area contributed by atoms with Crippen LogP contribution in [-0.2, 0) is 14.8 Å². The van der Waals surface area contributed by atoms with Crippen LogP contribution in [0.15, 0.2) is 47.4 Å². The number of anilines is 2. The van der Waals surface area contributed by atoms with Crippen LogP contribution in [-0.4, -0.2) is 72.0 Å². The van der Waals surface area contributed by atoms with Gasteiger partial charge in [-0.05, 0) is 51.1 Å². The number of carbonyl (C=O) groups excluding carboxylic acids is 1. The number of carbonyl (C=O) groups is 1. The lowest BCUT2D eigenvalue weighted by molar-refractivity contribution is -0.0500. The van der Waals surface area contributed by atoms with E-state index in [0.29, 0.717) is 43.3 Å². The van der Waals surface area contributed by atoms with Crippen molar-refractivity contribution in [3.8, 4) is 11.5 Å². The van der Waals surface area contributed by atoms with Gasteiger partial charge in [-0.3, -0.25) is 4.31 Å². The fraction of sp³-hybridized carbons (Fsp3) is 0.458. The van der Waals surface area contributed by atoms with Crippen LogP contribution in [0.25, 0.3) is 0 Å². The Kier molecular flexibility index (Phi) is 8.17. The Bertz CT molecular complexity index is 1180. The molecule has 2 aromatic rings.